The first kappa shape index (κ1) is 14.5. The summed E-state index contributed by atoms with van der Waals surface area (Å²) in [6, 6.07) is 7.20. The number of para-hydroxylation sites is 1. The minimum absolute atomic E-state index is 0.513. The lowest BCUT2D eigenvalue weighted by Gasteiger charge is -2.24. The van der Waals surface area contributed by atoms with Gasteiger partial charge in [0.1, 0.15) is 0 Å². The standard InChI is InChI=1S/C15H24ClN3/c1-11(2)19-9-8-12(10-19)17-14-7-5-6-13(16)15(14)18(3)4/h5-7,11-12,17H,8-10H2,1-4H3. The van der Waals surface area contributed by atoms with E-state index < -0.39 is 0 Å². The first-order chi connectivity index (χ1) is 8.99. The number of nitrogens with one attached hydrogen (secondary N) is 1. The fourth-order valence-corrected chi connectivity index (χ4v) is 3.02. The number of nitrogens with zero attached hydrogens (tertiary/aromatic N) is 2. The molecule has 0 amide bonds. The zero-order valence-electron chi connectivity index (χ0n) is 12.3. The van der Waals surface area contributed by atoms with E-state index in [2.05, 4.69) is 35.0 Å². The van der Waals surface area contributed by atoms with Crippen LogP contribution in [0.3, 0.4) is 0 Å². The van der Waals surface area contributed by atoms with Crippen LogP contribution in [0.2, 0.25) is 5.02 Å². The van der Waals surface area contributed by atoms with Crippen molar-refractivity contribution in [3.8, 4) is 0 Å². The highest BCUT2D eigenvalue weighted by Gasteiger charge is 2.24. The maximum Gasteiger partial charge on any atom is 0.0786 e. The normalized spacial score (nSPS) is 20.0. The topological polar surface area (TPSA) is 18.5 Å². The van der Waals surface area contributed by atoms with Crippen LogP contribution in [0.4, 0.5) is 11.4 Å². The average Bonchev–Trinajstić information content (AvgIpc) is 2.77. The number of hydrogen-bond donors (Lipinski definition) is 1. The van der Waals surface area contributed by atoms with Crippen LogP contribution in [0, 0.1) is 0 Å². The Morgan fingerprint density at radius 1 is 1.37 bits per heavy atom. The Labute approximate surface area is 121 Å². The van der Waals surface area contributed by atoms with Crippen molar-refractivity contribution >= 4 is 23.0 Å². The van der Waals surface area contributed by atoms with Crippen molar-refractivity contribution in [3.05, 3.63) is 23.2 Å². The Hall–Kier alpha value is -0.930. The van der Waals surface area contributed by atoms with Crippen LogP contribution in [-0.4, -0.2) is 44.2 Å². The van der Waals surface area contributed by atoms with Crippen molar-refractivity contribution in [1.29, 1.82) is 0 Å². The maximum atomic E-state index is 6.30. The van der Waals surface area contributed by atoms with Gasteiger partial charge in [-0.25, -0.2) is 0 Å². The van der Waals surface area contributed by atoms with Gasteiger partial charge < -0.3 is 10.2 Å². The highest BCUT2D eigenvalue weighted by Crippen LogP contribution is 2.33. The highest BCUT2D eigenvalue weighted by molar-refractivity contribution is 6.34. The summed E-state index contributed by atoms with van der Waals surface area (Å²) in [7, 11) is 4.06. The number of likely N-dealkylation sites (tertiary alicyclic amines) is 1. The predicted octanol–water partition coefficient (Wildman–Crippen LogP) is 3.30. The molecule has 0 aromatic heterocycles. The molecular weight excluding hydrogens is 258 g/mol. The molecule has 1 saturated heterocycles. The molecule has 4 heteroatoms. The Kier molecular flexibility index (Phi) is 4.58. The predicted molar refractivity (Wildman–Crippen MR) is 84.5 cm³/mol. The Morgan fingerprint density at radius 2 is 2.11 bits per heavy atom. The van der Waals surface area contributed by atoms with Gasteiger partial charge in [-0.05, 0) is 32.4 Å². The molecule has 0 bridgehead atoms. The first-order valence-corrected chi connectivity index (χ1v) is 7.33. The van der Waals surface area contributed by atoms with Gasteiger partial charge in [-0.2, -0.15) is 0 Å². The molecular formula is C15H24ClN3. The fourth-order valence-electron chi connectivity index (χ4n) is 2.68. The maximum absolute atomic E-state index is 6.30. The molecule has 19 heavy (non-hydrogen) atoms. The van der Waals surface area contributed by atoms with Crippen molar-refractivity contribution < 1.29 is 0 Å². The summed E-state index contributed by atoms with van der Waals surface area (Å²) < 4.78 is 0. The van der Waals surface area contributed by atoms with E-state index in [-0.39, 0.29) is 0 Å². The molecule has 106 valence electrons. The summed E-state index contributed by atoms with van der Waals surface area (Å²) in [5, 5.41) is 4.45. The minimum atomic E-state index is 0.513. The van der Waals surface area contributed by atoms with Gasteiger partial charge in [0.25, 0.3) is 0 Å². The molecule has 1 aromatic carbocycles. The monoisotopic (exact) mass is 281 g/mol. The molecule has 0 aliphatic carbocycles. The van der Waals surface area contributed by atoms with E-state index in [0.29, 0.717) is 12.1 Å². The molecule has 0 radical (unpaired) electrons. The van der Waals surface area contributed by atoms with Crippen LogP contribution in [0.25, 0.3) is 0 Å². The van der Waals surface area contributed by atoms with E-state index in [9.17, 15) is 0 Å². The van der Waals surface area contributed by atoms with Crippen molar-refractivity contribution in [1.82, 2.24) is 4.90 Å². The second-order valence-electron chi connectivity index (χ2n) is 5.75. The van der Waals surface area contributed by atoms with Gasteiger partial charge in [0.05, 0.1) is 16.4 Å². The SMILES string of the molecule is CC(C)N1CCC(Nc2cccc(Cl)c2N(C)C)C1. The number of rotatable bonds is 4. The van der Waals surface area contributed by atoms with Crippen LogP contribution in [0.1, 0.15) is 20.3 Å². The van der Waals surface area contributed by atoms with Gasteiger partial charge in [-0.15, -0.1) is 0 Å². The quantitative estimate of drug-likeness (QED) is 0.914. The van der Waals surface area contributed by atoms with Crippen molar-refractivity contribution in [3.63, 3.8) is 0 Å². The molecule has 1 heterocycles. The summed E-state index contributed by atoms with van der Waals surface area (Å²) in [6.07, 6.45) is 1.19. The zero-order valence-corrected chi connectivity index (χ0v) is 13.0. The van der Waals surface area contributed by atoms with Crippen LogP contribution in [-0.2, 0) is 0 Å². The Morgan fingerprint density at radius 3 is 2.68 bits per heavy atom. The van der Waals surface area contributed by atoms with Crippen molar-refractivity contribution in [2.45, 2.75) is 32.4 Å². The largest absolute Gasteiger partial charge is 0.379 e. The molecule has 1 unspecified atom stereocenters. The molecule has 1 N–H and O–H groups in total. The molecule has 1 fully saturated rings. The summed E-state index contributed by atoms with van der Waals surface area (Å²) in [4.78, 5) is 4.58. The molecule has 0 saturated carbocycles. The number of halogens is 1. The second-order valence-corrected chi connectivity index (χ2v) is 6.16. The summed E-state index contributed by atoms with van der Waals surface area (Å²) in [5.41, 5.74) is 2.21. The van der Waals surface area contributed by atoms with Crippen molar-refractivity contribution in [2.75, 3.05) is 37.4 Å². The first-order valence-electron chi connectivity index (χ1n) is 6.95. The van der Waals surface area contributed by atoms with Crippen molar-refractivity contribution in [2.24, 2.45) is 0 Å². The fraction of sp³-hybridized carbons (Fsp3) is 0.600. The molecule has 1 aromatic rings. The smallest absolute Gasteiger partial charge is 0.0786 e. The van der Waals surface area contributed by atoms with E-state index in [1.165, 1.54) is 13.0 Å². The van der Waals surface area contributed by atoms with Crippen LogP contribution in [0.5, 0.6) is 0 Å². The molecule has 3 nitrogen and oxygen atoms in total. The molecule has 2 rings (SSSR count). The number of benzene rings is 1. The molecule has 1 aliphatic rings. The van der Waals surface area contributed by atoms with Crippen LogP contribution >= 0.6 is 11.6 Å². The lowest BCUT2D eigenvalue weighted by atomic mass is 10.2. The third-order valence-corrected chi connectivity index (χ3v) is 4.05. The van der Waals surface area contributed by atoms with Crippen LogP contribution < -0.4 is 10.2 Å². The van der Waals surface area contributed by atoms with Gasteiger partial charge in [-0.3, -0.25) is 4.90 Å². The van der Waals surface area contributed by atoms with Gasteiger partial charge >= 0.3 is 0 Å². The summed E-state index contributed by atoms with van der Waals surface area (Å²) >= 11 is 6.30. The summed E-state index contributed by atoms with van der Waals surface area (Å²) in [6.45, 7) is 6.80. The summed E-state index contributed by atoms with van der Waals surface area (Å²) in [5.74, 6) is 0. The third kappa shape index (κ3) is 3.34. The Bertz CT molecular complexity index is 431. The second kappa shape index (κ2) is 6.02. The van der Waals surface area contributed by atoms with E-state index in [1.807, 2.05) is 26.2 Å². The lowest BCUT2D eigenvalue weighted by Crippen LogP contribution is -2.31. The van der Waals surface area contributed by atoms with Gasteiger partial charge in [-0.1, -0.05) is 17.7 Å². The lowest BCUT2D eigenvalue weighted by molar-refractivity contribution is 0.274. The van der Waals surface area contributed by atoms with Gasteiger partial charge in [0.2, 0.25) is 0 Å². The molecule has 1 aliphatic heterocycles. The van der Waals surface area contributed by atoms with E-state index >= 15 is 0 Å². The number of anilines is 2. The number of hydrogen-bond acceptors (Lipinski definition) is 3. The zero-order chi connectivity index (χ0) is 14.0. The van der Waals surface area contributed by atoms with E-state index in [1.54, 1.807) is 0 Å². The molecule has 0 spiro atoms. The minimum Gasteiger partial charge on any atom is -0.379 e. The molecule has 1 atom stereocenters. The van der Waals surface area contributed by atoms with Crippen LogP contribution in [0.15, 0.2) is 18.2 Å². The highest BCUT2D eigenvalue weighted by atomic mass is 35.5. The van der Waals surface area contributed by atoms with E-state index in [0.717, 1.165) is 22.9 Å². The van der Waals surface area contributed by atoms with E-state index in [4.69, 9.17) is 11.6 Å². The van der Waals surface area contributed by atoms with Gasteiger partial charge in [0.15, 0.2) is 0 Å². The van der Waals surface area contributed by atoms with Gasteiger partial charge in [0, 0.05) is 39.3 Å². The Balaban J connectivity index is 2.10. The average molecular weight is 282 g/mol. The third-order valence-electron chi connectivity index (χ3n) is 3.74.